The van der Waals surface area contributed by atoms with Gasteiger partial charge in [-0.05, 0) is 6.92 Å². The zero-order chi connectivity index (χ0) is 10.7. The van der Waals surface area contributed by atoms with Crippen LogP contribution in [-0.2, 0) is 4.74 Å². The van der Waals surface area contributed by atoms with Crippen LogP contribution < -0.4 is 4.74 Å². The second-order valence-electron chi connectivity index (χ2n) is 2.61. The summed E-state index contributed by atoms with van der Waals surface area (Å²) in [6, 6.07) is 0. The van der Waals surface area contributed by atoms with Crippen LogP contribution in [0.2, 0.25) is 5.15 Å². The zero-order valence-corrected chi connectivity index (χ0v) is 8.88. The number of carbonyl (C=O) groups excluding carboxylic acids is 1. The lowest BCUT2D eigenvalue weighted by Crippen LogP contribution is -2.06. The molecular weight excluding hydrogens is 206 g/mol. The minimum absolute atomic E-state index is 0.275. The number of carbonyl (C=O) groups is 1. The topological polar surface area (TPSA) is 48.4 Å². The van der Waals surface area contributed by atoms with Crippen LogP contribution in [0.15, 0.2) is 6.20 Å². The van der Waals surface area contributed by atoms with E-state index in [0.29, 0.717) is 16.5 Å². The summed E-state index contributed by atoms with van der Waals surface area (Å²) in [5, 5.41) is 0.314. The van der Waals surface area contributed by atoms with Gasteiger partial charge < -0.3 is 9.47 Å². The second-order valence-corrected chi connectivity index (χ2v) is 2.97. The lowest BCUT2D eigenvalue weighted by Gasteiger charge is -2.09. The average molecular weight is 216 g/mol. The molecular formula is C9H10ClNO3. The number of halogens is 1. The lowest BCUT2D eigenvalue weighted by atomic mass is 10.2. The van der Waals surface area contributed by atoms with E-state index in [0.717, 1.165) is 0 Å². The first-order chi connectivity index (χ1) is 6.61. The van der Waals surface area contributed by atoms with Crippen molar-refractivity contribution >= 4 is 17.6 Å². The smallest absolute Gasteiger partial charge is 0.343 e. The van der Waals surface area contributed by atoms with E-state index in [2.05, 4.69) is 9.72 Å². The Labute approximate surface area is 86.8 Å². The van der Waals surface area contributed by atoms with Gasteiger partial charge in [0.05, 0.1) is 14.2 Å². The van der Waals surface area contributed by atoms with Crippen LogP contribution in [0.1, 0.15) is 15.9 Å². The third-order valence-corrected chi connectivity index (χ3v) is 2.19. The van der Waals surface area contributed by atoms with Gasteiger partial charge in [-0.3, -0.25) is 0 Å². The number of pyridine rings is 1. The third kappa shape index (κ3) is 1.80. The van der Waals surface area contributed by atoms with E-state index < -0.39 is 5.97 Å². The Morgan fingerprint density at radius 1 is 1.50 bits per heavy atom. The number of hydrogen-bond acceptors (Lipinski definition) is 4. The largest absolute Gasteiger partial charge is 0.495 e. The van der Waals surface area contributed by atoms with Crippen molar-refractivity contribution in [2.75, 3.05) is 14.2 Å². The van der Waals surface area contributed by atoms with Gasteiger partial charge in [0.25, 0.3) is 0 Å². The molecule has 0 unspecified atom stereocenters. The van der Waals surface area contributed by atoms with Crippen molar-refractivity contribution in [1.29, 1.82) is 0 Å². The van der Waals surface area contributed by atoms with Crippen molar-refractivity contribution < 1.29 is 14.3 Å². The molecule has 0 N–H and O–H groups in total. The average Bonchev–Trinajstić information content (AvgIpc) is 2.20. The van der Waals surface area contributed by atoms with Crippen LogP contribution >= 0.6 is 11.6 Å². The molecule has 0 bridgehead atoms. The molecule has 0 fully saturated rings. The molecule has 5 heteroatoms. The third-order valence-electron chi connectivity index (χ3n) is 1.81. The van der Waals surface area contributed by atoms with Crippen molar-refractivity contribution in [2.45, 2.75) is 6.92 Å². The van der Waals surface area contributed by atoms with Crippen molar-refractivity contribution in [1.82, 2.24) is 4.98 Å². The molecule has 0 saturated carbocycles. The Bertz CT molecular complexity index is 365. The first-order valence-electron chi connectivity index (χ1n) is 3.89. The van der Waals surface area contributed by atoms with Crippen LogP contribution in [0.4, 0.5) is 0 Å². The number of ether oxygens (including phenoxy) is 2. The fourth-order valence-corrected chi connectivity index (χ4v) is 1.23. The van der Waals surface area contributed by atoms with Crippen LogP contribution in [0.5, 0.6) is 5.75 Å². The molecule has 0 radical (unpaired) electrons. The zero-order valence-electron chi connectivity index (χ0n) is 8.13. The first-order valence-corrected chi connectivity index (χ1v) is 4.27. The molecule has 1 aromatic heterocycles. The number of methoxy groups -OCH3 is 2. The van der Waals surface area contributed by atoms with Gasteiger partial charge in [-0.2, -0.15) is 0 Å². The van der Waals surface area contributed by atoms with Crippen LogP contribution in [0.25, 0.3) is 0 Å². The molecule has 14 heavy (non-hydrogen) atoms. The van der Waals surface area contributed by atoms with E-state index in [-0.39, 0.29) is 5.56 Å². The van der Waals surface area contributed by atoms with Gasteiger partial charge in [-0.25, -0.2) is 9.78 Å². The van der Waals surface area contributed by atoms with Crippen molar-refractivity contribution in [3.05, 3.63) is 22.5 Å². The van der Waals surface area contributed by atoms with E-state index >= 15 is 0 Å². The highest BCUT2D eigenvalue weighted by Gasteiger charge is 2.17. The standard InChI is InChI=1S/C9H10ClNO3/c1-5-7(13-2)6(9(12)14-3)4-11-8(5)10/h4H,1-3H3. The van der Waals surface area contributed by atoms with Crippen LogP contribution in [-0.4, -0.2) is 25.2 Å². The molecule has 76 valence electrons. The molecule has 0 amide bonds. The predicted octanol–water partition coefficient (Wildman–Crippen LogP) is 1.84. The quantitative estimate of drug-likeness (QED) is 0.558. The van der Waals surface area contributed by atoms with Gasteiger partial charge in [0.15, 0.2) is 0 Å². The SMILES string of the molecule is COC(=O)c1cnc(Cl)c(C)c1OC. The minimum Gasteiger partial charge on any atom is -0.495 e. The Morgan fingerprint density at radius 2 is 2.14 bits per heavy atom. The Morgan fingerprint density at radius 3 is 2.64 bits per heavy atom. The maximum absolute atomic E-state index is 11.3. The number of esters is 1. The number of aromatic nitrogens is 1. The summed E-state index contributed by atoms with van der Waals surface area (Å²) in [4.78, 5) is 15.1. The predicted molar refractivity (Wildman–Crippen MR) is 51.9 cm³/mol. The Kier molecular flexibility index (Phi) is 3.30. The van der Waals surface area contributed by atoms with Crippen LogP contribution in [0, 0.1) is 6.92 Å². The maximum Gasteiger partial charge on any atom is 0.343 e. The summed E-state index contributed by atoms with van der Waals surface area (Å²) in [5.74, 6) is -0.0917. The molecule has 4 nitrogen and oxygen atoms in total. The van der Waals surface area contributed by atoms with E-state index in [9.17, 15) is 4.79 Å². The van der Waals surface area contributed by atoms with Crippen LogP contribution in [0.3, 0.4) is 0 Å². The molecule has 0 aliphatic carbocycles. The second kappa shape index (κ2) is 4.28. The Balaban J connectivity index is 3.31. The molecule has 0 atom stereocenters. The summed E-state index contributed by atoms with van der Waals surface area (Å²) < 4.78 is 9.63. The van der Waals surface area contributed by atoms with E-state index in [1.807, 2.05) is 0 Å². The molecule has 1 aromatic rings. The summed E-state index contributed by atoms with van der Waals surface area (Å²) >= 11 is 5.77. The van der Waals surface area contributed by atoms with Crippen molar-refractivity contribution in [3.63, 3.8) is 0 Å². The molecule has 0 saturated heterocycles. The number of nitrogens with zero attached hydrogens (tertiary/aromatic N) is 1. The summed E-state index contributed by atoms with van der Waals surface area (Å²) in [6.07, 6.45) is 1.33. The van der Waals surface area contributed by atoms with Gasteiger partial charge in [0.1, 0.15) is 16.5 Å². The molecule has 1 heterocycles. The number of hydrogen-bond donors (Lipinski definition) is 0. The van der Waals surface area contributed by atoms with Gasteiger partial charge in [-0.15, -0.1) is 0 Å². The maximum atomic E-state index is 11.3. The highest BCUT2D eigenvalue weighted by molar-refractivity contribution is 6.30. The van der Waals surface area contributed by atoms with Gasteiger partial charge in [-0.1, -0.05) is 11.6 Å². The van der Waals surface area contributed by atoms with Gasteiger partial charge in [0.2, 0.25) is 0 Å². The van der Waals surface area contributed by atoms with E-state index in [1.165, 1.54) is 20.4 Å². The summed E-state index contributed by atoms with van der Waals surface area (Å²) in [7, 11) is 2.76. The fraction of sp³-hybridized carbons (Fsp3) is 0.333. The summed E-state index contributed by atoms with van der Waals surface area (Å²) in [5.41, 5.74) is 0.897. The van der Waals surface area contributed by atoms with E-state index in [1.54, 1.807) is 6.92 Å². The molecule has 1 rings (SSSR count). The highest BCUT2D eigenvalue weighted by atomic mass is 35.5. The molecule has 0 aliphatic rings. The molecule has 0 spiro atoms. The Hall–Kier alpha value is -1.29. The monoisotopic (exact) mass is 215 g/mol. The van der Waals surface area contributed by atoms with Gasteiger partial charge >= 0.3 is 5.97 Å². The van der Waals surface area contributed by atoms with E-state index in [4.69, 9.17) is 16.3 Å². The minimum atomic E-state index is -0.492. The molecule has 0 aromatic carbocycles. The summed E-state index contributed by atoms with van der Waals surface area (Å²) in [6.45, 7) is 1.72. The molecule has 0 aliphatic heterocycles. The normalized spacial score (nSPS) is 9.71. The fourth-order valence-electron chi connectivity index (χ4n) is 1.09. The lowest BCUT2D eigenvalue weighted by molar-refractivity contribution is 0.0596. The number of rotatable bonds is 2. The first kappa shape index (κ1) is 10.8. The van der Waals surface area contributed by atoms with Crippen molar-refractivity contribution in [2.24, 2.45) is 0 Å². The van der Waals surface area contributed by atoms with Crippen molar-refractivity contribution in [3.8, 4) is 5.75 Å². The highest BCUT2D eigenvalue weighted by Crippen LogP contribution is 2.27. The van der Waals surface area contributed by atoms with Gasteiger partial charge in [0, 0.05) is 11.8 Å².